The molecule has 0 unspecified atom stereocenters. The molecule has 0 aromatic heterocycles. The molecule has 0 aliphatic carbocycles. The number of nitrogens with two attached hydrogens (primary N) is 1. The molecule has 0 bridgehead atoms. The van der Waals surface area contributed by atoms with Crippen molar-refractivity contribution in [3.8, 4) is 0 Å². The molecule has 0 aliphatic rings. The molecule has 0 spiro atoms. The predicted octanol–water partition coefficient (Wildman–Crippen LogP) is 3.63. The third-order valence-electron chi connectivity index (χ3n) is 2.74. The van der Waals surface area contributed by atoms with Gasteiger partial charge in [0, 0.05) is 52.3 Å². The van der Waals surface area contributed by atoms with E-state index in [4.69, 9.17) is 18.0 Å². The van der Waals surface area contributed by atoms with Crippen LogP contribution < -0.4 is 5.73 Å². The van der Waals surface area contributed by atoms with Gasteiger partial charge in [0.1, 0.15) is 4.32 Å². The fourth-order valence-corrected chi connectivity index (χ4v) is 3.93. The zero-order valence-corrected chi connectivity index (χ0v) is 15.5. The third-order valence-corrected chi connectivity index (χ3v) is 5.64. The minimum atomic E-state index is -0.463. The van der Waals surface area contributed by atoms with Gasteiger partial charge in [0.15, 0.2) is 0 Å². The van der Waals surface area contributed by atoms with Gasteiger partial charge in [0.25, 0.3) is 0 Å². The molecule has 98 valence electrons. The largest absolute Gasteiger partial charge is 0.386 e. The standard InChI is InChI=1S/C15H17NS2.Nd/c16-15(17)18(11-13-7-3-1-4-8-13)12-14-9-5-2-6-10-14;/h1-10,18H,11-12H2,(H2,16,17);. The molecule has 2 N–H and O–H groups in total. The van der Waals surface area contributed by atoms with Crippen LogP contribution in [-0.4, -0.2) is 4.32 Å². The average Bonchev–Trinajstić information content (AvgIpc) is 2.40. The van der Waals surface area contributed by atoms with Crippen molar-refractivity contribution in [1.29, 1.82) is 0 Å². The molecule has 0 aliphatic heterocycles. The molecule has 0 atom stereocenters. The molecule has 0 saturated carbocycles. The molecule has 19 heavy (non-hydrogen) atoms. The summed E-state index contributed by atoms with van der Waals surface area (Å²) >= 11 is 5.22. The van der Waals surface area contributed by atoms with Crippen molar-refractivity contribution in [3.63, 3.8) is 0 Å². The Bertz CT molecular complexity index is 461. The van der Waals surface area contributed by atoms with Crippen LogP contribution in [0, 0.1) is 40.8 Å². The molecule has 0 radical (unpaired) electrons. The first-order valence-corrected chi connectivity index (χ1v) is 8.00. The van der Waals surface area contributed by atoms with Gasteiger partial charge in [0.2, 0.25) is 0 Å². The van der Waals surface area contributed by atoms with Crippen LogP contribution >= 0.6 is 23.1 Å². The van der Waals surface area contributed by atoms with Crippen molar-refractivity contribution in [2.45, 2.75) is 11.5 Å². The molecular formula is C15H17NNdS2. The van der Waals surface area contributed by atoms with Crippen LogP contribution in [0.5, 0.6) is 0 Å². The molecule has 0 saturated heterocycles. The Kier molecular flexibility index (Phi) is 8.14. The number of hydrogen-bond donors (Lipinski definition) is 2. The van der Waals surface area contributed by atoms with E-state index in [1.807, 2.05) is 12.1 Å². The van der Waals surface area contributed by atoms with Crippen molar-refractivity contribution in [1.82, 2.24) is 0 Å². The molecule has 1 nitrogen and oxygen atoms in total. The summed E-state index contributed by atoms with van der Waals surface area (Å²) in [6.07, 6.45) is 0. The van der Waals surface area contributed by atoms with Gasteiger partial charge in [-0.25, -0.2) is 0 Å². The first-order valence-electron chi connectivity index (χ1n) is 5.88. The Morgan fingerprint density at radius 2 is 1.21 bits per heavy atom. The van der Waals surface area contributed by atoms with Gasteiger partial charge < -0.3 is 5.73 Å². The Morgan fingerprint density at radius 1 is 0.842 bits per heavy atom. The Morgan fingerprint density at radius 3 is 1.53 bits per heavy atom. The van der Waals surface area contributed by atoms with E-state index in [0.29, 0.717) is 4.32 Å². The average molecular weight is 420 g/mol. The number of thiocarbonyl (C=S) groups is 1. The number of rotatable bonds is 4. The Labute approximate surface area is 155 Å². The van der Waals surface area contributed by atoms with Gasteiger partial charge in [-0.15, -0.1) is 0 Å². The summed E-state index contributed by atoms with van der Waals surface area (Å²) in [6, 6.07) is 20.9. The third kappa shape index (κ3) is 5.90. The van der Waals surface area contributed by atoms with Crippen molar-refractivity contribution >= 4 is 27.4 Å². The minimum absolute atomic E-state index is 0. The molecular weight excluding hydrogens is 403 g/mol. The smallest absolute Gasteiger partial charge is 0.111 e. The summed E-state index contributed by atoms with van der Waals surface area (Å²) in [4.78, 5) is 0. The predicted molar refractivity (Wildman–Crippen MR) is 86.1 cm³/mol. The molecule has 4 heteroatoms. The van der Waals surface area contributed by atoms with Gasteiger partial charge in [-0.05, 0) is 11.1 Å². The fraction of sp³-hybridized carbons (Fsp3) is 0.133. The van der Waals surface area contributed by atoms with Crippen LogP contribution in [0.25, 0.3) is 0 Å². The van der Waals surface area contributed by atoms with Gasteiger partial charge in [-0.2, -0.15) is 10.9 Å². The monoisotopic (exact) mass is 417 g/mol. The van der Waals surface area contributed by atoms with Crippen LogP contribution in [0.3, 0.4) is 0 Å². The number of thiol groups is 1. The van der Waals surface area contributed by atoms with E-state index < -0.39 is 10.9 Å². The van der Waals surface area contributed by atoms with Gasteiger partial charge in [-0.3, -0.25) is 0 Å². The summed E-state index contributed by atoms with van der Waals surface area (Å²) in [5, 5.41) is 0. The molecule has 2 aromatic carbocycles. The maximum Gasteiger partial charge on any atom is 0.111 e. The summed E-state index contributed by atoms with van der Waals surface area (Å²) < 4.78 is 0.665. The summed E-state index contributed by atoms with van der Waals surface area (Å²) in [5.74, 6) is 1.95. The van der Waals surface area contributed by atoms with Crippen molar-refractivity contribution < 1.29 is 40.8 Å². The molecule has 2 rings (SSSR count). The molecule has 0 amide bonds. The van der Waals surface area contributed by atoms with Gasteiger partial charge in [0.05, 0.1) is 0 Å². The van der Waals surface area contributed by atoms with E-state index in [0.717, 1.165) is 11.5 Å². The molecule has 0 fully saturated rings. The Balaban J connectivity index is 0.00000180. The van der Waals surface area contributed by atoms with Crippen LogP contribution in [0.2, 0.25) is 0 Å². The zero-order valence-electron chi connectivity index (χ0n) is 10.6. The zero-order chi connectivity index (χ0) is 12.8. The quantitative estimate of drug-likeness (QED) is 0.585. The van der Waals surface area contributed by atoms with E-state index in [1.165, 1.54) is 11.1 Å². The van der Waals surface area contributed by atoms with Crippen molar-refractivity contribution in [3.05, 3.63) is 71.8 Å². The van der Waals surface area contributed by atoms with Gasteiger partial charge >= 0.3 is 0 Å². The van der Waals surface area contributed by atoms with Crippen LogP contribution in [0.4, 0.5) is 0 Å². The SMILES string of the molecule is NC(=S)[SH](Cc1ccccc1)Cc1ccccc1.[Nd]. The first-order chi connectivity index (χ1) is 8.75. The van der Waals surface area contributed by atoms with Crippen LogP contribution in [0.1, 0.15) is 11.1 Å². The van der Waals surface area contributed by atoms with Gasteiger partial charge in [-0.1, -0.05) is 72.9 Å². The summed E-state index contributed by atoms with van der Waals surface area (Å²) in [7, 11) is -0.463. The second-order valence-electron chi connectivity index (χ2n) is 4.17. The second-order valence-corrected chi connectivity index (χ2v) is 7.10. The minimum Gasteiger partial charge on any atom is -0.386 e. The Hall–Kier alpha value is 0.0306. The van der Waals surface area contributed by atoms with E-state index in [-0.39, 0.29) is 40.8 Å². The molecule has 2 aromatic rings. The van der Waals surface area contributed by atoms with E-state index in [9.17, 15) is 0 Å². The van der Waals surface area contributed by atoms with Crippen molar-refractivity contribution in [2.75, 3.05) is 0 Å². The topological polar surface area (TPSA) is 26.0 Å². The maximum absolute atomic E-state index is 5.89. The normalized spacial score (nSPS) is 10.4. The molecule has 0 heterocycles. The van der Waals surface area contributed by atoms with E-state index >= 15 is 0 Å². The number of hydrogen-bond acceptors (Lipinski definition) is 1. The van der Waals surface area contributed by atoms with Crippen molar-refractivity contribution in [2.24, 2.45) is 5.73 Å². The fourth-order valence-electron chi connectivity index (χ4n) is 1.82. The van der Waals surface area contributed by atoms with Crippen LogP contribution in [0.15, 0.2) is 60.7 Å². The van der Waals surface area contributed by atoms with E-state index in [2.05, 4.69) is 48.5 Å². The van der Waals surface area contributed by atoms with E-state index in [1.54, 1.807) is 0 Å². The van der Waals surface area contributed by atoms with Crippen LogP contribution in [-0.2, 0) is 11.5 Å². The second kappa shape index (κ2) is 9.06. The summed E-state index contributed by atoms with van der Waals surface area (Å²) in [6.45, 7) is 0. The summed E-state index contributed by atoms with van der Waals surface area (Å²) in [5.41, 5.74) is 8.52. The first kappa shape index (κ1) is 17.1. The maximum atomic E-state index is 5.89. The number of benzene rings is 2.